The van der Waals surface area contributed by atoms with E-state index in [1.807, 2.05) is 13.0 Å². The Morgan fingerprint density at radius 2 is 1.94 bits per heavy atom. The van der Waals surface area contributed by atoms with E-state index in [-0.39, 0.29) is 12.3 Å². The average molecular weight is 270 g/mol. The molecule has 2 atom stereocenters. The van der Waals surface area contributed by atoms with Crippen LogP contribution in [0.4, 0.5) is 0 Å². The van der Waals surface area contributed by atoms with E-state index in [0.717, 1.165) is 5.56 Å². The summed E-state index contributed by atoms with van der Waals surface area (Å²) in [7, 11) is -3.43. The minimum atomic E-state index is -3.43. The van der Waals surface area contributed by atoms with Gasteiger partial charge in [-0.05, 0) is 12.0 Å². The number of benzene rings is 1. The molecule has 4 nitrogen and oxygen atoms in total. The number of aliphatic carboxylic acids is 1. The minimum Gasteiger partial charge on any atom is -0.481 e. The molecule has 0 spiro atoms. The van der Waals surface area contributed by atoms with Crippen molar-refractivity contribution in [2.45, 2.75) is 25.9 Å². The predicted octanol–water partition coefficient (Wildman–Crippen LogP) is 2.96. The largest absolute Gasteiger partial charge is 0.481 e. The van der Waals surface area contributed by atoms with Gasteiger partial charge in [0.05, 0.1) is 5.92 Å². The molecule has 2 unspecified atom stereocenters. The highest BCUT2D eigenvalue weighted by Gasteiger charge is 2.28. The van der Waals surface area contributed by atoms with E-state index >= 15 is 0 Å². The van der Waals surface area contributed by atoms with Crippen molar-refractivity contribution in [2.75, 3.05) is 6.16 Å². The molecule has 5 heteroatoms. The standard InChI is InChI=1S/C13H19O4P/c1-2-6-12(13(14)15)10-18(16,17)9-11-7-4-3-5-8-11/h3-5,7-8,12H,2,6,9-10H2,1H3,(H,14,15)(H,16,17). The van der Waals surface area contributed by atoms with Gasteiger partial charge in [0.25, 0.3) is 0 Å². The van der Waals surface area contributed by atoms with Gasteiger partial charge in [0.15, 0.2) is 0 Å². The molecule has 0 radical (unpaired) electrons. The van der Waals surface area contributed by atoms with Crippen LogP contribution in [0.25, 0.3) is 0 Å². The van der Waals surface area contributed by atoms with E-state index in [9.17, 15) is 14.3 Å². The first kappa shape index (κ1) is 14.9. The second-order valence-corrected chi connectivity index (χ2v) is 6.87. The summed E-state index contributed by atoms with van der Waals surface area (Å²) in [5, 5.41) is 9.00. The first-order chi connectivity index (χ1) is 8.44. The van der Waals surface area contributed by atoms with Gasteiger partial charge in [-0.1, -0.05) is 43.7 Å². The fraction of sp³-hybridized carbons (Fsp3) is 0.462. The first-order valence-corrected chi connectivity index (χ1v) is 8.05. The van der Waals surface area contributed by atoms with Crippen molar-refractivity contribution in [1.29, 1.82) is 0 Å². The molecule has 0 aliphatic rings. The molecule has 0 saturated heterocycles. The maximum atomic E-state index is 12.1. The summed E-state index contributed by atoms with van der Waals surface area (Å²) in [5.74, 6) is -1.71. The van der Waals surface area contributed by atoms with Crippen LogP contribution in [0.5, 0.6) is 0 Å². The third kappa shape index (κ3) is 5.03. The van der Waals surface area contributed by atoms with E-state index in [2.05, 4.69) is 0 Å². The molecule has 100 valence electrons. The van der Waals surface area contributed by atoms with Crippen molar-refractivity contribution >= 4 is 13.3 Å². The first-order valence-electron chi connectivity index (χ1n) is 6.02. The summed E-state index contributed by atoms with van der Waals surface area (Å²) in [6.07, 6.45) is 1.03. The quantitative estimate of drug-likeness (QED) is 0.747. The van der Waals surface area contributed by atoms with Gasteiger partial charge >= 0.3 is 5.97 Å². The van der Waals surface area contributed by atoms with Gasteiger partial charge < -0.3 is 10.00 Å². The average Bonchev–Trinajstić information content (AvgIpc) is 2.28. The lowest BCUT2D eigenvalue weighted by Gasteiger charge is -2.16. The lowest BCUT2D eigenvalue weighted by Crippen LogP contribution is -2.18. The van der Waals surface area contributed by atoms with Crippen molar-refractivity contribution in [3.8, 4) is 0 Å². The van der Waals surface area contributed by atoms with Gasteiger partial charge in [0.1, 0.15) is 0 Å². The second kappa shape index (κ2) is 6.72. The molecular formula is C13H19O4P. The van der Waals surface area contributed by atoms with Crippen LogP contribution in [0.3, 0.4) is 0 Å². The highest BCUT2D eigenvalue weighted by Crippen LogP contribution is 2.46. The van der Waals surface area contributed by atoms with E-state index in [0.29, 0.717) is 12.8 Å². The van der Waals surface area contributed by atoms with Crippen LogP contribution in [0.2, 0.25) is 0 Å². The Hall–Kier alpha value is -1.12. The fourth-order valence-corrected chi connectivity index (χ4v) is 3.86. The number of rotatable bonds is 7. The van der Waals surface area contributed by atoms with Gasteiger partial charge in [0.2, 0.25) is 7.37 Å². The monoisotopic (exact) mass is 270 g/mol. The van der Waals surface area contributed by atoms with Crippen LogP contribution in [0.15, 0.2) is 30.3 Å². The Bertz CT molecular complexity index is 430. The van der Waals surface area contributed by atoms with Crippen LogP contribution in [-0.4, -0.2) is 22.1 Å². The summed E-state index contributed by atoms with van der Waals surface area (Å²) in [6.45, 7) is 1.87. The molecule has 0 saturated carbocycles. The highest BCUT2D eigenvalue weighted by molar-refractivity contribution is 7.57. The smallest absolute Gasteiger partial charge is 0.307 e. The number of carboxylic acids is 1. The lowest BCUT2D eigenvalue weighted by molar-refractivity contribution is -0.141. The lowest BCUT2D eigenvalue weighted by atomic mass is 10.1. The van der Waals surface area contributed by atoms with E-state index in [1.54, 1.807) is 24.3 Å². The van der Waals surface area contributed by atoms with Gasteiger partial charge in [-0.25, -0.2) is 0 Å². The Kier molecular flexibility index (Phi) is 5.57. The molecule has 0 fully saturated rings. The molecular weight excluding hydrogens is 251 g/mol. The Labute approximate surface area is 107 Å². The van der Waals surface area contributed by atoms with Crippen molar-refractivity contribution in [2.24, 2.45) is 5.92 Å². The molecule has 1 rings (SSSR count). The summed E-state index contributed by atoms with van der Waals surface area (Å²) >= 11 is 0. The SMILES string of the molecule is CCCC(CP(=O)(O)Cc1ccccc1)C(=O)O. The maximum Gasteiger partial charge on any atom is 0.307 e. The number of carbonyl (C=O) groups is 1. The van der Waals surface area contributed by atoms with Crippen molar-refractivity contribution < 1.29 is 19.4 Å². The number of hydrogen-bond acceptors (Lipinski definition) is 2. The third-order valence-corrected chi connectivity index (χ3v) is 4.64. The normalized spacial score (nSPS) is 15.9. The van der Waals surface area contributed by atoms with Crippen LogP contribution in [0.1, 0.15) is 25.3 Å². The third-order valence-electron chi connectivity index (χ3n) is 2.76. The van der Waals surface area contributed by atoms with Crippen LogP contribution < -0.4 is 0 Å². The van der Waals surface area contributed by atoms with Crippen molar-refractivity contribution in [3.05, 3.63) is 35.9 Å². The predicted molar refractivity (Wildman–Crippen MR) is 70.9 cm³/mol. The zero-order valence-electron chi connectivity index (χ0n) is 10.5. The van der Waals surface area contributed by atoms with Crippen molar-refractivity contribution in [3.63, 3.8) is 0 Å². The Morgan fingerprint density at radius 1 is 1.33 bits per heavy atom. The van der Waals surface area contributed by atoms with Gasteiger partial charge in [-0.15, -0.1) is 0 Å². The van der Waals surface area contributed by atoms with Gasteiger partial charge in [0, 0.05) is 12.3 Å². The van der Waals surface area contributed by atoms with Crippen molar-refractivity contribution in [1.82, 2.24) is 0 Å². The highest BCUT2D eigenvalue weighted by atomic mass is 31.2. The van der Waals surface area contributed by atoms with E-state index < -0.39 is 19.3 Å². The van der Waals surface area contributed by atoms with Crippen LogP contribution >= 0.6 is 7.37 Å². The summed E-state index contributed by atoms with van der Waals surface area (Å²) in [5.41, 5.74) is 0.768. The van der Waals surface area contributed by atoms with Crippen LogP contribution in [-0.2, 0) is 15.5 Å². The fourth-order valence-electron chi connectivity index (χ4n) is 1.92. The zero-order chi connectivity index (χ0) is 13.6. The van der Waals surface area contributed by atoms with Gasteiger partial charge in [-0.2, -0.15) is 0 Å². The summed E-state index contributed by atoms with van der Waals surface area (Å²) in [4.78, 5) is 20.9. The minimum absolute atomic E-state index is 0.0430. The molecule has 0 bridgehead atoms. The molecule has 0 aliphatic heterocycles. The number of carboxylic acid groups (broad SMARTS) is 1. The Balaban J connectivity index is 2.68. The molecule has 0 aromatic heterocycles. The molecule has 1 aromatic carbocycles. The number of hydrogen-bond donors (Lipinski definition) is 2. The molecule has 0 heterocycles. The van der Waals surface area contributed by atoms with Crippen LogP contribution in [0, 0.1) is 5.92 Å². The zero-order valence-corrected chi connectivity index (χ0v) is 11.3. The Morgan fingerprint density at radius 3 is 2.44 bits per heavy atom. The summed E-state index contributed by atoms with van der Waals surface area (Å²) in [6, 6.07) is 8.99. The second-order valence-electron chi connectivity index (χ2n) is 4.50. The maximum absolute atomic E-state index is 12.1. The van der Waals surface area contributed by atoms with Gasteiger partial charge in [-0.3, -0.25) is 9.36 Å². The molecule has 0 amide bonds. The topological polar surface area (TPSA) is 74.6 Å². The molecule has 1 aromatic rings. The molecule has 0 aliphatic carbocycles. The molecule has 18 heavy (non-hydrogen) atoms. The molecule has 2 N–H and O–H groups in total. The van der Waals surface area contributed by atoms with E-state index in [4.69, 9.17) is 5.11 Å². The van der Waals surface area contributed by atoms with E-state index in [1.165, 1.54) is 0 Å². The summed E-state index contributed by atoms with van der Waals surface area (Å²) < 4.78 is 12.1.